The maximum Gasteiger partial charge on any atom is 0.237 e. The number of nitrogens with zero attached hydrogens (tertiary/aromatic N) is 1. The summed E-state index contributed by atoms with van der Waals surface area (Å²) in [7, 11) is 0. The van der Waals surface area contributed by atoms with Crippen molar-refractivity contribution in [2.75, 3.05) is 12.3 Å². The number of primary amides is 1. The van der Waals surface area contributed by atoms with Crippen molar-refractivity contribution in [1.29, 1.82) is 0 Å². The van der Waals surface area contributed by atoms with E-state index in [2.05, 4.69) is 0 Å². The van der Waals surface area contributed by atoms with Crippen molar-refractivity contribution in [2.45, 2.75) is 26.8 Å². The van der Waals surface area contributed by atoms with Crippen molar-refractivity contribution in [3.63, 3.8) is 0 Å². The van der Waals surface area contributed by atoms with Gasteiger partial charge in [-0.2, -0.15) is 0 Å². The third kappa shape index (κ3) is 4.62. The molecule has 0 aliphatic rings. The highest BCUT2D eigenvalue weighted by Crippen LogP contribution is 2.12. The highest BCUT2D eigenvalue weighted by atomic mass is 16.2. The molecule has 1 atom stereocenters. The fourth-order valence-electron chi connectivity index (χ4n) is 1.73. The van der Waals surface area contributed by atoms with Crippen molar-refractivity contribution >= 4 is 17.5 Å². The summed E-state index contributed by atoms with van der Waals surface area (Å²) in [4.78, 5) is 24.7. The van der Waals surface area contributed by atoms with E-state index in [1.54, 1.807) is 12.1 Å². The number of amides is 2. The van der Waals surface area contributed by atoms with Crippen LogP contribution in [0, 0.1) is 5.92 Å². The van der Waals surface area contributed by atoms with Gasteiger partial charge in [0.2, 0.25) is 11.8 Å². The molecule has 0 spiro atoms. The molecule has 0 radical (unpaired) electrons. The van der Waals surface area contributed by atoms with Crippen molar-refractivity contribution < 1.29 is 9.59 Å². The van der Waals surface area contributed by atoms with Crippen molar-refractivity contribution in [1.82, 2.24) is 4.90 Å². The lowest BCUT2D eigenvalue weighted by Crippen LogP contribution is -2.40. The molecule has 0 aliphatic heterocycles. The van der Waals surface area contributed by atoms with Gasteiger partial charge in [0.05, 0.1) is 6.54 Å². The Balaban J connectivity index is 2.82. The Labute approximate surface area is 113 Å². The van der Waals surface area contributed by atoms with Crippen LogP contribution in [0.5, 0.6) is 0 Å². The quantitative estimate of drug-likeness (QED) is 0.754. The number of benzene rings is 1. The number of hydrogen-bond acceptors (Lipinski definition) is 3. The van der Waals surface area contributed by atoms with E-state index in [0.29, 0.717) is 12.2 Å². The van der Waals surface area contributed by atoms with Gasteiger partial charge in [-0.1, -0.05) is 26.0 Å². The first-order chi connectivity index (χ1) is 8.93. The SMILES string of the molecule is CCC(C)C(=O)N(CC(N)=O)Cc1ccc(N)cc1. The summed E-state index contributed by atoms with van der Waals surface area (Å²) in [6.07, 6.45) is 0.732. The van der Waals surface area contributed by atoms with Gasteiger partial charge in [-0.25, -0.2) is 0 Å². The van der Waals surface area contributed by atoms with Gasteiger partial charge in [0.15, 0.2) is 0 Å². The molecule has 5 heteroatoms. The summed E-state index contributed by atoms with van der Waals surface area (Å²) >= 11 is 0. The zero-order valence-electron chi connectivity index (χ0n) is 11.4. The zero-order chi connectivity index (χ0) is 14.4. The van der Waals surface area contributed by atoms with E-state index in [9.17, 15) is 9.59 Å². The van der Waals surface area contributed by atoms with Gasteiger partial charge in [-0.3, -0.25) is 9.59 Å². The predicted molar refractivity (Wildman–Crippen MR) is 74.9 cm³/mol. The van der Waals surface area contributed by atoms with Crippen LogP contribution in [0.1, 0.15) is 25.8 Å². The molecule has 104 valence electrons. The van der Waals surface area contributed by atoms with Crippen molar-refractivity contribution in [3.05, 3.63) is 29.8 Å². The highest BCUT2D eigenvalue weighted by Gasteiger charge is 2.20. The molecule has 4 N–H and O–H groups in total. The maximum absolute atomic E-state index is 12.2. The second-order valence-corrected chi connectivity index (χ2v) is 4.71. The van der Waals surface area contributed by atoms with Crippen molar-refractivity contribution in [3.8, 4) is 0 Å². The standard InChI is InChI=1S/C14H21N3O2/c1-3-10(2)14(19)17(9-13(16)18)8-11-4-6-12(15)7-5-11/h4-7,10H,3,8-9,15H2,1-2H3,(H2,16,18). The van der Waals surface area contributed by atoms with E-state index >= 15 is 0 Å². The lowest BCUT2D eigenvalue weighted by molar-refractivity contribution is -0.139. The fraction of sp³-hybridized carbons (Fsp3) is 0.429. The molecule has 0 aliphatic carbocycles. The molecule has 1 aromatic rings. The van der Waals surface area contributed by atoms with Crippen LogP contribution in [0.2, 0.25) is 0 Å². The van der Waals surface area contributed by atoms with E-state index in [0.717, 1.165) is 12.0 Å². The average molecular weight is 263 g/mol. The third-order valence-corrected chi connectivity index (χ3v) is 3.05. The van der Waals surface area contributed by atoms with Crippen LogP contribution in [-0.4, -0.2) is 23.3 Å². The molecule has 1 unspecified atom stereocenters. The van der Waals surface area contributed by atoms with Gasteiger partial charge in [-0.15, -0.1) is 0 Å². The first-order valence-corrected chi connectivity index (χ1v) is 6.35. The number of carbonyl (C=O) groups is 2. The number of anilines is 1. The van der Waals surface area contributed by atoms with Crippen LogP contribution in [0.3, 0.4) is 0 Å². The minimum Gasteiger partial charge on any atom is -0.399 e. The van der Waals surface area contributed by atoms with E-state index in [-0.39, 0.29) is 18.4 Å². The molecule has 19 heavy (non-hydrogen) atoms. The van der Waals surface area contributed by atoms with Crippen LogP contribution in [0.15, 0.2) is 24.3 Å². The molecular weight excluding hydrogens is 242 g/mol. The normalized spacial score (nSPS) is 11.9. The molecule has 1 aromatic carbocycles. The van der Waals surface area contributed by atoms with Crippen molar-refractivity contribution in [2.24, 2.45) is 11.7 Å². The highest BCUT2D eigenvalue weighted by molar-refractivity contribution is 5.84. The summed E-state index contributed by atoms with van der Waals surface area (Å²) < 4.78 is 0. The monoisotopic (exact) mass is 263 g/mol. The Hall–Kier alpha value is -2.04. The smallest absolute Gasteiger partial charge is 0.237 e. The molecule has 0 heterocycles. The van der Waals surface area contributed by atoms with Gasteiger partial charge in [0.1, 0.15) is 0 Å². The van der Waals surface area contributed by atoms with E-state index in [4.69, 9.17) is 11.5 Å². The average Bonchev–Trinajstić information content (AvgIpc) is 2.38. The van der Waals surface area contributed by atoms with E-state index in [1.165, 1.54) is 4.90 Å². The van der Waals surface area contributed by atoms with Crippen LogP contribution in [-0.2, 0) is 16.1 Å². The van der Waals surface area contributed by atoms with E-state index in [1.807, 2.05) is 26.0 Å². The van der Waals surface area contributed by atoms with Crippen LogP contribution in [0.4, 0.5) is 5.69 Å². The minimum absolute atomic E-state index is 0.0573. The lowest BCUT2D eigenvalue weighted by Gasteiger charge is -2.24. The number of carbonyl (C=O) groups excluding carboxylic acids is 2. The molecular formula is C14H21N3O2. The second-order valence-electron chi connectivity index (χ2n) is 4.71. The number of nitrogens with two attached hydrogens (primary N) is 2. The maximum atomic E-state index is 12.2. The van der Waals surface area contributed by atoms with Gasteiger partial charge >= 0.3 is 0 Å². The zero-order valence-corrected chi connectivity index (χ0v) is 11.4. The van der Waals surface area contributed by atoms with Crippen LogP contribution < -0.4 is 11.5 Å². The Morgan fingerprint density at radius 2 is 1.84 bits per heavy atom. The topological polar surface area (TPSA) is 89.4 Å². The summed E-state index contributed by atoms with van der Waals surface area (Å²) in [6, 6.07) is 7.22. The molecule has 0 saturated carbocycles. The molecule has 0 bridgehead atoms. The largest absolute Gasteiger partial charge is 0.399 e. The van der Waals surface area contributed by atoms with Gasteiger partial charge in [0.25, 0.3) is 0 Å². The first kappa shape index (κ1) is 15.0. The Bertz CT molecular complexity index is 443. The van der Waals surface area contributed by atoms with Gasteiger partial charge in [0, 0.05) is 18.2 Å². The molecule has 0 aromatic heterocycles. The number of rotatable bonds is 6. The lowest BCUT2D eigenvalue weighted by atomic mass is 10.1. The number of hydrogen-bond donors (Lipinski definition) is 2. The summed E-state index contributed by atoms with van der Waals surface area (Å²) in [5, 5.41) is 0. The summed E-state index contributed by atoms with van der Waals surface area (Å²) in [6.45, 7) is 4.09. The van der Waals surface area contributed by atoms with E-state index < -0.39 is 5.91 Å². The van der Waals surface area contributed by atoms with Crippen LogP contribution in [0.25, 0.3) is 0 Å². The number of nitrogen functional groups attached to an aromatic ring is 1. The second kappa shape index (κ2) is 6.78. The third-order valence-electron chi connectivity index (χ3n) is 3.05. The molecule has 1 rings (SSSR count). The fourth-order valence-corrected chi connectivity index (χ4v) is 1.73. The Kier molecular flexibility index (Phi) is 5.36. The molecule has 0 saturated heterocycles. The molecule has 2 amide bonds. The first-order valence-electron chi connectivity index (χ1n) is 6.35. The van der Waals surface area contributed by atoms with Crippen LogP contribution >= 0.6 is 0 Å². The Morgan fingerprint density at radius 1 is 1.26 bits per heavy atom. The summed E-state index contributed by atoms with van der Waals surface area (Å²) in [5.41, 5.74) is 12.4. The minimum atomic E-state index is -0.507. The van der Waals surface area contributed by atoms with Gasteiger partial charge in [-0.05, 0) is 24.1 Å². The van der Waals surface area contributed by atoms with Gasteiger partial charge < -0.3 is 16.4 Å². The summed E-state index contributed by atoms with van der Waals surface area (Å²) in [5.74, 6) is -0.682. The predicted octanol–water partition coefficient (Wildman–Crippen LogP) is 1.13. The molecule has 5 nitrogen and oxygen atoms in total. The molecule has 0 fully saturated rings. The Morgan fingerprint density at radius 3 is 2.32 bits per heavy atom.